The number of nitrogens with zero attached hydrogens (tertiary/aromatic N) is 1. The summed E-state index contributed by atoms with van der Waals surface area (Å²) in [5.41, 5.74) is 0.871. The molecule has 2 aromatic carbocycles. The predicted octanol–water partition coefficient (Wildman–Crippen LogP) is 2.91. The average molecular weight is 368 g/mol. The molecule has 0 bridgehead atoms. The lowest BCUT2D eigenvalue weighted by molar-refractivity contribution is -0.149. The van der Waals surface area contributed by atoms with E-state index in [1.165, 1.54) is 6.07 Å². The average Bonchev–Trinajstić information content (AvgIpc) is 2.69. The van der Waals surface area contributed by atoms with E-state index in [0.717, 1.165) is 6.42 Å². The van der Waals surface area contributed by atoms with Crippen LogP contribution < -0.4 is 14.8 Å². The van der Waals surface area contributed by atoms with Gasteiger partial charge in [-0.25, -0.2) is 4.79 Å². The van der Waals surface area contributed by atoms with E-state index in [1.54, 1.807) is 36.4 Å². The normalized spacial score (nSPS) is 9.78. The Morgan fingerprint density at radius 3 is 2.48 bits per heavy atom. The number of ether oxygens (including phenoxy) is 3. The Kier molecular flexibility index (Phi) is 7.67. The number of hydrogen-bond acceptors (Lipinski definition) is 6. The molecule has 140 valence electrons. The fraction of sp³-hybridized carbons (Fsp3) is 0.250. The number of amides is 1. The molecule has 7 nitrogen and oxygen atoms in total. The number of esters is 1. The summed E-state index contributed by atoms with van der Waals surface area (Å²) in [7, 11) is 0. The minimum Gasteiger partial charge on any atom is -0.490 e. The molecule has 7 heteroatoms. The van der Waals surface area contributed by atoms with Gasteiger partial charge in [-0.3, -0.25) is 4.79 Å². The second-order valence-corrected chi connectivity index (χ2v) is 5.49. The van der Waals surface area contributed by atoms with Crippen LogP contribution in [-0.4, -0.2) is 31.7 Å². The number of carbonyl (C=O) groups excluding carboxylic acids is 2. The second kappa shape index (κ2) is 10.5. The zero-order chi connectivity index (χ0) is 19.5. The number of nitriles is 1. The molecular formula is C20H20N2O5. The standard InChI is InChI=1S/C20H20N2O5/c1-2-10-25-17-8-3-4-9-18(17)26-14-20(24)27-13-19(23)22-16-7-5-6-15(11-16)12-21/h3-9,11H,2,10,13-14H2,1H3,(H,22,23). The monoisotopic (exact) mass is 368 g/mol. The van der Waals surface area contributed by atoms with Crippen LogP contribution in [0.3, 0.4) is 0 Å². The van der Waals surface area contributed by atoms with Gasteiger partial charge in [-0.2, -0.15) is 5.26 Å². The van der Waals surface area contributed by atoms with Crippen molar-refractivity contribution in [3.63, 3.8) is 0 Å². The molecular weight excluding hydrogens is 348 g/mol. The van der Waals surface area contributed by atoms with Gasteiger partial charge in [-0.05, 0) is 36.8 Å². The maximum Gasteiger partial charge on any atom is 0.344 e. The zero-order valence-corrected chi connectivity index (χ0v) is 14.9. The molecule has 0 aliphatic rings. The number of hydrogen-bond donors (Lipinski definition) is 1. The van der Waals surface area contributed by atoms with Crippen LogP contribution in [0.25, 0.3) is 0 Å². The predicted molar refractivity (Wildman–Crippen MR) is 98.5 cm³/mol. The van der Waals surface area contributed by atoms with Crippen LogP contribution in [-0.2, 0) is 14.3 Å². The molecule has 27 heavy (non-hydrogen) atoms. The summed E-state index contributed by atoms with van der Waals surface area (Å²) in [5.74, 6) is -0.214. The lowest BCUT2D eigenvalue weighted by Crippen LogP contribution is -2.23. The molecule has 2 rings (SSSR count). The van der Waals surface area contributed by atoms with Crippen molar-refractivity contribution in [2.24, 2.45) is 0 Å². The van der Waals surface area contributed by atoms with Crippen molar-refractivity contribution in [1.29, 1.82) is 5.26 Å². The van der Waals surface area contributed by atoms with Gasteiger partial charge in [0.2, 0.25) is 0 Å². The van der Waals surface area contributed by atoms with Gasteiger partial charge in [-0.1, -0.05) is 25.1 Å². The van der Waals surface area contributed by atoms with E-state index in [4.69, 9.17) is 19.5 Å². The molecule has 0 saturated carbocycles. The fourth-order valence-corrected chi connectivity index (χ4v) is 2.09. The first-order chi connectivity index (χ1) is 13.1. The van der Waals surface area contributed by atoms with Crippen LogP contribution in [0.4, 0.5) is 5.69 Å². The van der Waals surface area contributed by atoms with Crippen LogP contribution in [0.5, 0.6) is 11.5 Å². The molecule has 0 saturated heterocycles. The first-order valence-corrected chi connectivity index (χ1v) is 8.42. The van der Waals surface area contributed by atoms with Gasteiger partial charge < -0.3 is 19.5 Å². The summed E-state index contributed by atoms with van der Waals surface area (Å²) in [5, 5.41) is 11.4. The molecule has 1 N–H and O–H groups in total. The Balaban J connectivity index is 1.78. The third kappa shape index (κ3) is 6.71. The highest BCUT2D eigenvalue weighted by atomic mass is 16.6. The van der Waals surface area contributed by atoms with E-state index in [0.29, 0.717) is 29.4 Å². The van der Waals surface area contributed by atoms with Crippen LogP contribution in [0.2, 0.25) is 0 Å². The van der Waals surface area contributed by atoms with Crippen LogP contribution in [0.1, 0.15) is 18.9 Å². The van der Waals surface area contributed by atoms with Crippen molar-refractivity contribution in [3.05, 3.63) is 54.1 Å². The van der Waals surface area contributed by atoms with Gasteiger partial charge in [0, 0.05) is 5.69 Å². The largest absolute Gasteiger partial charge is 0.490 e. The Labute approximate surface area is 157 Å². The van der Waals surface area contributed by atoms with Crippen molar-refractivity contribution >= 4 is 17.6 Å². The molecule has 0 fully saturated rings. The number of nitrogens with one attached hydrogen (secondary N) is 1. The van der Waals surface area contributed by atoms with Crippen molar-refractivity contribution in [2.45, 2.75) is 13.3 Å². The highest BCUT2D eigenvalue weighted by Gasteiger charge is 2.11. The maximum absolute atomic E-state index is 11.8. The quantitative estimate of drug-likeness (QED) is 0.684. The summed E-state index contributed by atoms with van der Waals surface area (Å²) in [6, 6.07) is 15.4. The van der Waals surface area contributed by atoms with E-state index in [-0.39, 0.29) is 6.61 Å². The van der Waals surface area contributed by atoms with Crippen LogP contribution in [0.15, 0.2) is 48.5 Å². The topological polar surface area (TPSA) is 97.7 Å². The summed E-state index contributed by atoms with van der Waals surface area (Å²) in [6.07, 6.45) is 0.850. The summed E-state index contributed by atoms with van der Waals surface area (Å²) in [4.78, 5) is 23.6. The van der Waals surface area contributed by atoms with Gasteiger partial charge in [0.25, 0.3) is 5.91 Å². The molecule has 0 unspecified atom stereocenters. The van der Waals surface area contributed by atoms with E-state index in [2.05, 4.69) is 5.32 Å². The van der Waals surface area contributed by atoms with Gasteiger partial charge in [0.15, 0.2) is 24.7 Å². The lowest BCUT2D eigenvalue weighted by atomic mass is 10.2. The second-order valence-electron chi connectivity index (χ2n) is 5.49. The molecule has 0 aromatic heterocycles. The molecule has 0 aliphatic heterocycles. The maximum atomic E-state index is 11.8. The van der Waals surface area contributed by atoms with Crippen molar-refractivity contribution in [3.8, 4) is 17.6 Å². The zero-order valence-electron chi connectivity index (χ0n) is 14.9. The van der Waals surface area contributed by atoms with Gasteiger partial charge in [0.05, 0.1) is 18.2 Å². The fourth-order valence-electron chi connectivity index (χ4n) is 2.09. The molecule has 0 radical (unpaired) electrons. The molecule has 0 heterocycles. The third-order valence-corrected chi connectivity index (χ3v) is 3.30. The number of rotatable bonds is 9. The van der Waals surface area contributed by atoms with Crippen molar-refractivity contribution < 1.29 is 23.8 Å². The Morgan fingerprint density at radius 2 is 1.78 bits per heavy atom. The van der Waals surface area contributed by atoms with Crippen LogP contribution >= 0.6 is 0 Å². The van der Waals surface area contributed by atoms with Crippen LogP contribution in [0, 0.1) is 11.3 Å². The highest BCUT2D eigenvalue weighted by molar-refractivity contribution is 5.93. The minimum atomic E-state index is -0.679. The van der Waals surface area contributed by atoms with E-state index < -0.39 is 18.5 Å². The first-order valence-electron chi connectivity index (χ1n) is 8.42. The Morgan fingerprint density at radius 1 is 1.04 bits per heavy atom. The Bertz CT molecular complexity index is 829. The third-order valence-electron chi connectivity index (χ3n) is 3.30. The smallest absolute Gasteiger partial charge is 0.344 e. The molecule has 0 aliphatic carbocycles. The number of para-hydroxylation sites is 2. The SMILES string of the molecule is CCCOc1ccccc1OCC(=O)OCC(=O)Nc1cccc(C#N)c1. The Hall–Kier alpha value is -3.53. The van der Waals surface area contributed by atoms with Crippen molar-refractivity contribution in [2.75, 3.05) is 25.1 Å². The summed E-state index contributed by atoms with van der Waals surface area (Å²) in [6.45, 7) is 1.73. The van der Waals surface area contributed by atoms with E-state index in [9.17, 15) is 9.59 Å². The molecule has 1 amide bonds. The lowest BCUT2D eigenvalue weighted by Gasteiger charge is -2.12. The molecule has 0 atom stereocenters. The first kappa shape index (κ1) is 19.8. The number of benzene rings is 2. The highest BCUT2D eigenvalue weighted by Crippen LogP contribution is 2.26. The van der Waals surface area contributed by atoms with E-state index >= 15 is 0 Å². The molecule has 0 spiro atoms. The van der Waals surface area contributed by atoms with Gasteiger partial charge >= 0.3 is 5.97 Å². The summed E-state index contributed by atoms with van der Waals surface area (Å²) >= 11 is 0. The van der Waals surface area contributed by atoms with Crippen molar-refractivity contribution in [1.82, 2.24) is 0 Å². The number of anilines is 1. The van der Waals surface area contributed by atoms with Gasteiger partial charge in [0.1, 0.15) is 0 Å². The summed E-state index contributed by atoms with van der Waals surface area (Å²) < 4.78 is 15.8. The molecule has 2 aromatic rings. The number of carbonyl (C=O) groups is 2. The van der Waals surface area contributed by atoms with E-state index in [1.807, 2.05) is 19.1 Å². The minimum absolute atomic E-state index is 0.344. The van der Waals surface area contributed by atoms with Gasteiger partial charge in [-0.15, -0.1) is 0 Å².